The lowest BCUT2D eigenvalue weighted by atomic mass is 9.39. The first kappa shape index (κ1) is 17.7. The van der Waals surface area contributed by atoms with Crippen molar-refractivity contribution >= 4 is 5.78 Å². The molecule has 4 aliphatic rings. The molecule has 9 atom stereocenters. The van der Waals surface area contributed by atoms with Gasteiger partial charge in [0.25, 0.3) is 0 Å². The Hall–Kier alpha value is -0.750. The molecule has 0 aromatic rings. The number of carbonyl (C=O) groups is 1. The largest absolute Gasteiger partial charge is 0.396 e. The summed E-state index contributed by atoms with van der Waals surface area (Å²) in [5.41, 5.74) is -1.58. The van der Waals surface area contributed by atoms with Crippen molar-refractivity contribution in [3.05, 3.63) is 12.2 Å². The van der Waals surface area contributed by atoms with E-state index in [0.717, 1.165) is 19.3 Å². The molecule has 5 nitrogen and oxygen atoms in total. The van der Waals surface area contributed by atoms with Crippen molar-refractivity contribution in [1.82, 2.24) is 0 Å². The minimum atomic E-state index is -1.24. The molecule has 4 N–H and O–H groups in total. The van der Waals surface area contributed by atoms with Gasteiger partial charge < -0.3 is 20.4 Å². The lowest BCUT2D eigenvalue weighted by Gasteiger charge is -2.65. The van der Waals surface area contributed by atoms with E-state index in [-0.39, 0.29) is 40.6 Å². The van der Waals surface area contributed by atoms with E-state index >= 15 is 0 Å². The summed E-state index contributed by atoms with van der Waals surface area (Å²) >= 11 is 0. The van der Waals surface area contributed by atoms with Crippen LogP contribution in [0.3, 0.4) is 0 Å². The molecule has 140 valence electrons. The zero-order valence-corrected chi connectivity index (χ0v) is 15.1. The molecule has 4 fully saturated rings. The number of rotatable bonds is 1. The normalized spacial score (nSPS) is 58.0. The number of aliphatic hydroxyl groups is 4. The van der Waals surface area contributed by atoms with Gasteiger partial charge in [-0.15, -0.1) is 0 Å². The highest BCUT2D eigenvalue weighted by Gasteiger charge is 2.75. The highest BCUT2D eigenvalue weighted by atomic mass is 16.3. The Morgan fingerprint density at radius 3 is 2.44 bits per heavy atom. The van der Waals surface area contributed by atoms with Crippen LogP contribution < -0.4 is 0 Å². The smallest absolute Gasteiger partial charge is 0.170 e. The fourth-order valence-corrected chi connectivity index (χ4v) is 7.43. The summed E-state index contributed by atoms with van der Waals surface area (Å²) in [7, 11) is 0. The number of hydrogen-bond donors (Lipinski definition) is 4. The Bertz CT molecular complexity index is 632. The van der Waals surface area contributed by atoms with Crippen LogP contribution in [0.1, 0.15) is 46.0 Å². The molecule has 4 aliphatic carbocycles. The lowest BCUT2D eigenvalue weighted by Crippen LogP contribution is -2.68. The molecule has 0 radical (unpaired) electrons. The predicted molar refractivity (Wildman–Crippen MR) is 91.5 cm³/mol. The maximum atomic E-state index is 13.2. The van der Waals surface area contributed by atoms with Crippen LogP contribution in [0.25, 0.3) is 0 Å². The molecule has 4 saturated carbocycles. The van der Waals surface area contributed by atoms with Crippen LogP contribution in [0.15, 0.2) is 12.2 Å². The van der Waals surface area contributed by atoms with Gasteiger partial charge in [0.2, 0.25) is 0 Å². The minimum Gasteiger partial charge on any atom is -0.396 e. The molecule has 25 heavy (non-hydrogen) atoms. The first-order valence-corrected chi connectivity index (χ1v) is 9.53. The van der Waals surface area contributed by atoms with Crippen molar-refractivity contribution in [1.29, 1.82) is 0 Å². The van der Waals surface area contributed by atoms with Crippen molar-refractivity contribution in [2.24, 2.45) is 34.0 Å². The standard InChI is InChI=1S/C20H30O5/c1-10-15-11(22)7-13-19(3)6-4-5-18(2,9-21)12(19)8-14(23)20(13,16(10)24)17(15)25/h11-15,17,21-23,25H,1,4-9H2,2-3H3/t11-,12+,13-,14+,15+,17+,18?,19+,20-/m0/s1. The fraction of sp³-hybridized carbons (Fsp3) is 0.850. The Kier molecular flexibility index (Phi) is 3.64. The molecular formula is C20H30O5. The van der Waals surface area contributed by atoms with E-state index in [9.17, 15) is 25.2 Å². The van der Waals surface area contributed by atoms with Gasteiger partial charge in [0.1, 0.15) is 0 Å². The van der Waals surface area contributed by atoms with E-state index in [4.69, 9.17) is 0 Å². The number of hydrogen-bond acceptors (Lipinski definition) is 5. The molecule has 0 aliphatic heterocycles. The molecule has 4 rings (SSSR count). The second-order valence-electron chi connectivity index (χ2n) is 9.59. The van der Waals surface area contributed by atoms with Gasteiger partial charge in [-0.1, -0.05) is 26.8 Å². The van der Waals surface area contributed by atoms with Crippen molar-refractivity contribution in [2.75, 3.05) is 6.61 Å². The Morgan fingerprint density at radius 1 is 1.12 bits per heavy atom. The van der Waals surface area contributed by atoms with Gasteiger partial charge in [-0.3, -0.25) is 4.79 Å². The molecular weight excluding hydrogens is 320 g/mol. The van der Waals surface area contributed by atoms with E-state index in [2.05, 4.69) is 20.4 Å². The Morgan fingerprint density at radius 2 is 1.80 bits per heavy atom. The minimum absolute atomic E-state index is 0.0497. The summed E-state index contributed by atoms with van der Waals surface area (Å²) < 4.78 is 0. The first-order valence-electron chi connectivity index (χ1n) is 9.53. The molecule has 2 bridgehead atoms. The maximum Gasteiger partial charge on any atom is 0.170 e. The van der Waals surface area contributed by atoms with Crippen molar-refractivity contribution in [3.63, 3.8) is 0 Å². The summed E-state index contributed by atoms with van der Waals surface area (Å²) in [6, 6.07) is 0. The maximum absolute atomic E-state index is 13.2. The summed E-state index contributed by atoms with van der Waals surface area (Å²) in [4.78, 5) is 13.2. The van der Waals surface area contributed by atoms with E-state index in [0.29, 0.717) is 12.8 Å². The van der Waals surface area contributed by atoms with Gasteiger partial charge >= 0.3 is 0 Å². The summed E-state index contributed by atoms with van der Waals surface area (Å²) in [6.45, 7) is 8.10. The molecule has 0 aromatic heterocycles. The van der Waals surface area contributed by atoms with E-state index < -0.39 is 29.6 Å². The van der Waals surface area contributed by atoms with Crippen molar-refractivity contribution in [3.8, 4) is 0 Å². The third-order valence-corrected chi connectivity index (χ3v) is 8.65. The van der Waals surface area contributed by atoms with Crippen LogP contribution in [-0.4, -0.2) is 51.1 Å². The van der Waals surface area contributed by atoms with Crippen LogP contribution in [0.2, 0.25) is 0 Å². The summed E-state index contributed by atoms with van der Waals surface area (Å²) in [6.07, 6.45) is 0.684. The number of Topliss-reactive ketones (excluding diaryl/α,β-unsaturated/α-hetero) is 1. The average molecular weight is 350 g/mol. The van der Waals surface area contributed by atoms with E-state index in [1.54, 1.807) is 0 Å². The molecule has 5 heteroatoms. The second-order valence-corrected chi connectivity index (χ2v) is 9.59. The quantitative estimate of drug-likeness (QED) is 0.530. The summed E-state index contributed by atoms with van der Waals surface area (Å²) in [5.74, 6) is -1.16. The molecule has 0 amide bonds. The number of fused-ring (bicyclic) bond motifs is 3. The highest BCUT2D eigenvalue weighted by Crippen LogP contribution is 2.70. The number of ketones is 1. The van der Waals surface area contributed by atoms with Crippen LogP contribution in [-0.2, 0) is 4.79 Å². The third kappa shape index (κ3) is 1.81. The van der Waals surface area contributed by atoms with Crippen molar-refractivity contribution in [2.45, 2.75) is 64.3 Å². The number of carbonyl (C=O) groups excluding carboxylic acids is 1. The number of aliphatic hydroxyl groups excluding tert-OH is 4. The highest BCUT2D eigenvalue weighted by molar-refractivity contribution is 6.04. The van der Waals surface area contributed by atoms with Gasteiger partial charge in [-0.25, -0.2) is 0 Å². The van der Waals surface area contributed by atoms with Gasteiger partial charge in [0.15, 0.2) is 5.78 Å². The van der Waals surface area contributed by atoms with Gasteiger partial charge in [-0.05, 0) is 53.9 Å². The zero-order valence-electron chi connectivity index (χ0n) is 15.1. The molecule has 1 unspecified atom stereocenters. The Balaban J connectivity index is 1.89. The third-order valence-electron chi connectivity index (χ3n) is 8.65. The fourth-order valence-electron chi connectivity index (χ4n) is 7.43. The van der Waals surface area contributed by atoms with Gasteiger partial charge in [-0.2, -0.15) is 0 Å². The van der Waals surface area contributed by atoms with E-state index in [1.807, 2.05) is 0 Å². The average Bonchev–Trinajstić information content (AvgIpc) is 2.69. The molecule has 0 heterocycles. The van der Waals surface area contributed by atoms with E-state index in [1.165, 1.54) is 0 Å². The van der Waals surface area contributed by atoms with Crippen LogP contribution in [0.4, 0.5) is 0 Å². The van der Waals surface area contributed by atoms with Gasteiger partial charge in [0.05, 0.1) is 23.7 Å². The van der Waals surface area contributed by atoms with Crippen molar-refractivity contribution < 1.29 is 25.2 Å². The molecule has 0 saturated heterocycles. The predicted octanol–water partition coefficient (Wildman–Crippen LogP) is 1.04. The first-order chi connectivity index (χ1) is 11.6. The monoisotopic (exact) mass is 350 g/mol. The van der Waals surface area contributed by atoms with Crippen LogP contribution in [0.5, 0.6) is 0 Å². The SMILES string of the molecule is C=C1C(=O)[C@@]23[C@H](O)C[C@@H]4C(C)(CO)CCC[C@@]4(C)[C@@H]2C[C@H](O)[C@@H]1[C@H]3O. The topological polar surface area (TPSA) is 98.0 Å². The van der Waals surface area contributed by atoms with Gasteiger partial charge in [0, 0.05) is 12.5 Å². The molecule has 0 aromatic carbocycles. The molecule has 1 spiro atoms. The van der Waals surface area contributed by atoms with Crippen LogP contribution in [0, 0.1) is 34.0 Å². The zero-order chi connectivity index (χ0) is 18.4. The summed E-state index contributed by atoms with van der Waals surface area (Å²) in [5, 5.41) is 42.9. The Labute approximate surface area is 148 Å². The van der Waals surface area contributed by atoms with Crippen LogP contribution >= 0.6 is 0 Å². The lowest BCUT2D eigenvalue weighted by molar-refractivity contribution is -0.242. The second kappa shape index (κ2) is 5.16.